The molecule has 3 fully saturated rings. The number of alkyl carbamates (subject to hydrolysis) is 1. The molecule has 2 aliphatic heterocycles. The smallest absolute Gasteiger partial charge is 0.407 e. The number of aliphatic hydroxyl groups excluding tert-OH is 1. The molecule has 8 heteroatoms. The van der Waals surface area contributed by atoms with Gasteiger partial charge in [0.05, 0.1) is 37.4 Å². The van der Waals surface area contributed by atoms with Gasteiger partial charge < -0.3 is 24.6 Å². The Morgan fingerprint density at radius 2 is 1.97 bits per heavy atom. The van der Waals surface area contributed by atoms with Crippen molar-refractivity contribution in [1.29, 1.82) is 0 Å². The van der Waals surface area contributed by atoms with E-state index in [9.17, 15) is 9.90 Å². The molecule has 30 heavy (non-hydrogen) atoms. The molecule has 8 nitrogen and oxygen atoms in total. The van der Waals surface area contributed by atoms with Crippen LogP contribution in [0.5, 0.6) is 0 Å². The summed E-state index contributed by atoms with van der Waals surface area (Å²) < 4.78 is 16.6. The fourth-order valence-corrected chi connectivity index (χ4v) is 4.42. The summed E-state index contributed by atoms with van der Waals surface area (Å²) in [6, 6.07) is 9.25. The highest BCUT2D eigenvalue weighted by atomic mass is 16.7. The molecule has 4 rings (SSSR count). The van der Waals surface area contributed by atoms with Gasteiger partial charge in [-0.25, -0.2) is 4.79 Å². The Balaban J connectivity index is 1.31. The lowest BCUT2D eigenvalue weighted by atomic mass is 10.0. The summed E-state index contributed by atoms with van der Waals surface area (Å²) in [7, 11) is 0. The minimum Gasteiger partial charge on any atom is -0.443 e. The Hall–Kier alpha value is -1.71. The predicted octanol–water partition coefficient (Wildman–Crippen LogP) is 1.91. The maximum absolute atomic E-state index is 12.6. The number of carbonyl (C=O) groups is 1. The Kier molecular flexibility index (Phi) is 7.57. The summed E-state index contributed by atoms with van der Waals surface area (Å²) >= 11 is 0. The normalized spacial score (nSPS) is 28.2. The summed E-state index contributed by atoms with van der Waals surface area (Å²) in [5, 5.41) is 13.6. The van der Waals surface area contributed by atoms with E-state index < -0.39 is 18.2 Å². The molecule has 1 unspecified atom stereocenters. The predicted molar refractivity (Wildman–Crippen MR) is 108 cm³/mol. The lowest BCUT2D eigenvalue weighted by molar-refractivity contribution is -0.0907. The number of aliphatic hydroxyl groups is 1. The van der Waals surface area contributed by atoms with Crippen LogP contribution in [0.2, 0.25) is 0 Å². The van der Waals surface area contributed by atoms with Gasteiger partial charge in [0.2, 0.25) is 0 Å². The quantitative estimate of drug-likeness (QED) is 0.525. The Labute approximate surface area is 177 Å². The summed E-state index contributed by atoms with van der Waals surface area (Å²) in [5.41, 5.74) is 3.91. The van der Waals surface area contributed by atoms with E-state index in [1.54, 1.807) is 0 Å². The largest absolute Gasteiger partial charge is 0.443 e. The van der Waals surface area contributed by atoms with E-state index in [0.717, 1.165) is 24.8 Å². The van der Waals surface area contributed by atoms with E-state index >= 15 is 0 Å². The highest BCUT2D eigenvalue weighted by molar-refractivity contribution is 5.68. The van der Waals surface area contributed by atoms with Crippen molar-refractivity contribution in [3.05, 3.63) is 35.9 Å². The van der Waals surface area contributed by atoms with E-state index in [2.05, 4.69) is 10.8 Å². The van der Waals surface area contributed by atoms with Gasteiger partial charge in [-0.3, -0.25) is 4.84 Å². The lowest BCUT2D eigenvalue weighted by Gasteiger charge is -2.26. The van der Waals surface area contributed by atoms with Crippen molar-refractivity contribution >= 4 is 6.09 Å². The number of carbonyl (C=O) groups excluding carboxylic acids is 1. The number of hydroxylamine groups is 1. The van der Waals surface area contributed by atoms with E-state index in [1.807, 2.05) is 30.3 Å². The Morgan fingerprint density at radius 1 is 1.17 bits per heavy atom. The van der Waals surface area contributed by atoms with Gasteiger partial charge in [-0.05, 0) is 31.2 Å². The number of rotatable bonds is 9. The topological polar surface area (TPSA) is 98.3 Å². The molecule has 2 saturated heterocycles. The molecule has 1 aromatic carbocycles. The number of hydrogen-bond donors (Lipinski definition) is 3. The molecule has 3 aliphatic rings. The molecule has 1 saturated carbocycles. The number of nitrogens with one attached hydrogen (secondary N) is 2. The van der Waals surface area contributed by atoms with Crippen LogP contribution in [-0.4, -0.2) is 61.6 Å². The van der Waals surface area contributed by atoms with Crippen molar-refractivity contribution in [3.63, 3.8) is 0 Å². The van der Waals surface area contributed by atoms with Crippen LogP contribution in [0.15, 0.2) is 30.3 Å². The van der Waals surface area contributed by atoms with Gasteiger partial charge in [0.15, 0.2) is 6.29 Å². The van der Waals surface area contributed by atoms with E-state index in [-0.39, 0.29) is 31.0 Å². The van der Waals surface area contributed by atoms with Crippen LogP contribution < -0.4 is 10.8 Å². The zero-order valence-electron chi connectivity index (χ0n) is 17.2. The first-order valence-electron chi connectivity index (χ1n) is 11.0. The van der Waals surface area contributed by atoms with Crippen LogP contribution in [0.1, 0.15) is 37.7 Å². The number of benzene rings is 1. The second-order valence-electron chi connectivity index (χ2n) is 8.35. The molecule has 0 bridgehead atoms. The van der Waals surface area contributed by atoms with Crippen molar-refractivity contribution in [2.24, 2.45) is 5.92 Å². The Bertz CT molecular complexity index is 669. The lowest BCUT2D eigenvalue weighted by Crippen LogP contribution is -2.50. The SMILES string of the molecule is O=C(N[C@@H](Cc1ccccc1)[C@H](O)CNOC1CCCC1)OC1CO[C@H]2OCC[C@@H]12. The van der Waals surface area contributed by atoms with Gasteiger partial charge in [0, 0.05) is 6.54 Å². The Morgan fingerprint density at radius 3 is 2.77 bits per heavy atom. The second kappa shape index (κ2) is 10.5. The third kappa shape index (κ3) is 5.70. The number of hydrogen-bond acceptors (Lipinski definition) is 7. The molecule has 5 atom stereocenters. The highest BCUT2D eigenvalue weighted by Crippen LogP contribution is 2.33. The standard InChI is InChI=1S/C22H32N2O6/c25-19(13-23-30-16-8-4-5-9-16)18(12-15-6-2-1-3-7-15)24-22(26)29-20-14-28-21-17(20)10-11-27-21/h1-3,6-7,16-21,23,25H,4-5,8-14H2,(H,24,26)/t17-,18-,19+,20?,21+/m0/s1. The van der Waals surface area contributed by atoms with Crippen LogP contribution in [0.4, 0.5) is 4.79 Å². The molecule has 2 heterocycles. The molecule has 1 aromatic rings. The first-order chi connectivity index (χ1) is 14.7. The molecule has 3 N–H and O–H groups in total. The van der Waals surface area contributed by atoms with Gasteiger partial charge in [0.25, 0.3) is 0 Å². The van der Waals surface area contributed by atoms with Gasteiger partial charge in [-0.2, -0.15) is 5.48 Å². The first-order valence-corrected chi connectivity index (χ1v) is 11.0. The number of amides is 1. The molecule has 0 aromatic heterocycles. The average molecular weight is 421 g/mol. The molecule has 1 aliphatic carbocycles. The van der Waals surface area contributed by atoms with E-state index in [0.29, 0.717) is 19.6 Å². The molecule has 166 valence electrons. The third-order valence-corrected chi connectivity index (χ3v) is 6.15. The first kappa shape index (κ1) is 21.5. The van der Waals surface area contributed by atoms with E-state index in [1.165, 1.54) is 12.8 Å². The van der Waals surface area contributed by atoms with Crippen molar-refractivity contribution < 1.29 is 28.9 Å². The second-order valence-corrected chi connectivity index (χ2v) is 8.35. The maximum Gasteiger partial charge on any atom is 0.407 e. The van der Waals surface area contributed by atoms with Crippen molar-refractivity contribution in [2.75, 3.05) is 19.8 Å². The van der Waals surface area contributed by atoms with E-state index in [4.69, 9.17) is 19.0 Å². The zero-order valence-corrected chi connectivity index (χ0v) is 17.2. The minimum atomic E-state index is -0.832. The molecule has 0 spiro atoms. The minimum absolute atomic E-state index is 0.0784. The van der Waals surface area contributed by atoms with Gasteiger partial charge in [-0.15, -0.1) is 0 Å². The fourth-order valence-electron chi connectivity index (χ4n) is 4.42. The fraction of sp³-hybridized carbons (Fsp3) is 0.682. The van der Waals surface area contributed by atoms with Crippen LogP contribution in [0.25, 0.3) is 0 Å². The average Bonchev–Trinajstić information content (AvgIpc) is 3.48. The molecule has 1 amide bonds. The van der Waals surface area contributed by atoms with Gasteiger partial charge >= 0.3 is 6.09 Å². The van der Waals surface area contributed by atoms with Crippen LogP contribution in [-0.2, 0) is 25.5 Å². The third-order valence-electron chi connectivity index (χ3n) is 6.15. The maximum atomic E-state index is 12.6. The van der Waals surface area contributed by atoms with Gasteiger partial charge in [0.1, 0.15) is 6.10 Å². The van der Waals surface area contributed by atoms with Gasteiger partial charge in [-0.1, -0.05) is 43.2 Å². The molecule has 0 radical (unpaired) electrons. The summed E-state index contributed by atoms with van der Waals surface area (Å²) in [4.78, 5) is 18.2. The summed E-state index contributed by atoms with van der Waals surface area (Å²) in [6.07, 6.45) is 3.96. The van der Waals surface area contributed by atoms with Crippen molar-refractivity contribution in [3.8, 4) is 0 Å². The van der Waals surface area contributed by atoms with Crippen molar-refractivity contribution in [2.45, 2.75) is 69.2 Å². The van der Waals surface area contributed by atoms with Crippen LogP contribution >= 0.6 is 0 Å². The van der Waals surface area contributed by atoms with Crippen LogP contribution in [0.3, 0.4) is 0 Å². The summed E-state index contributed by atoms with van der Waals surface area (Å²) in [6.45, 7) is 1.18. The number of fused-ring (bicyclic) bond motifs is 1. The van der Waals surface area contributed by atoms with Crippen LogP contribution in [0, 0.1) is 5.92 Å². The van der Waals surface area contributed by atoms with Crippen molar-refractivity contribution in [1.82, 2.24) is 10.8 Å². The monoisotopic (exact) mass is 420 g/mol. The zero-order chi connectivity index (χ0) is 20.8. The highest BCUT2D eigenvalue weighted by Gasteiger charge is 2.44. The summed E-state index contributed by atoms with van der Waals surface area (Å²) in [5.74, 6) is 0.0784. The molecular weight excluding hydrogens is 388 g/mol. The number of ether oxygens (including phenoxy) is 3. The molecular formula is C22H32N2O6.